The van der Waals surface area contributed by atoms with E-state index in [1.54, 1.807) is 0 Å². The molecule has 2 aromatic rings. The van der Waals surface area contributed by atoms with Crippen molar-refractivity contribution in [2.45, 2.75) is 65.4 Å². The van der Waals surface area contributed by atoms with Crippen LogP contribution < -0.4 is 10.6 Å². The average Bonchev–Trinajstić information content (AvgIpc) is 3.10. The number of benzene rings is 2. The number of anilines is 1. The zero-order valence-corrected chi connectivity index (χ0v) is 22.9. The highest BCUT2D eigenvalue weighted by Gasteiger charge is 2.35. The molecule has 206 valence electrons. The summed E-state index contributed by atoms with van der Waals surface area (Å²) in [6.45, 7) is 5.95. The van der Waals surface area contributed by atoms with Gasteiger partial charge in [-0.15, -0.1) is 0 Å². The van der Waals surface area contributed by atoms with E-state index in [-0.39, 0.29) is 17.9 Å². The van der Waals surface area contributed by atoms with Gasteiger partial charge < -0.3 is 15.2 Å². The molecule has 0 bridgehead atoms. The molecule has 2 aliphatic rings. The Morgan fingerprint density at radius 3 is 2.33 bits per heavy atom. The largest absolute Gasteiger partial charge is 0.481 e. The highest BCUT2D eigenvalue weighted by molar-refractivity contribution is 5.95. The number of rotatable bonds is 7. The molecule has 3 unspecified atom stereocenters. The minimum absolute atomic E-state index is 0.106. The summed E-state index contributed by atoms with van der Waals surface area (Å²) in [6, 6.07) is 15.3. The maximum Gasteiger partial charge on any atom is 0.411 e. The maximum atomic E-state index is 13.0. The number of carboxylic acids is 1. The summed E-state index contributed by atoms with van der Waals surface area (Å²) >= 11 is 0. The molecule has 0 heterocycles. The molecule has 0 spiro atoms. The van der Waals surface area contributed by atoms with E-state index in [2.05, 4.69) is 23.6 Å². The van der Waals surface area contributed by atoms with E-state index < -0.39 is 23.9 Å². The molecule has 39 heavy (non-hydrogen) atoms. The van der Waals surface area contributed by atoms with Crippen molar-refractivity contribution in [3.63, 3.8) is 0 Å². The summed E-state index contributed by atoms with van der Waals surface area (Å²) in [5, 5.41) is 15.5. The van der Waals surface area contributed by atoms with Crippen molar-refractivity contribution >= 4 is 29.2 Å². The first-order valence-corrected chi connectivity index (χ1v) is 13.8. The smallest absolute Gasteiger partial charge is 0.411 e. The standard InChI is InChI=1S/C32H38N2O5/c1-20-10-4-6-12-25(20)22(3)39-32(38)34-29-21(2)11-5-7-13-26(29)23-16-18-24(19-17-23)33-30(35)27-14-8-9-15-28(27)31(36)37/h4,6-7,10,12-13,16-19,21-22,27-28H,5,8-9,11,14-15H2,1-3H3,(H,33,35)(H,34,38)(H,36,37)/t21?,22-,27?,28?/m1/s1. The monoisotopic (exact) mass is 530 g/mol. The van der Waals surface area contributed by atoms with Gasteiger partial charge in [-0.2, -0.15) is 0 Å². The number of hydrogen-bond donors (Lipinski definition) is 3. The van der Waals surface area contributed by atoms with Crippen molar-refractivity contribution in [1.82, 2.24) is 5.32 Å². The van der Waals surface area contributed by atoms with Crippen molar-refractivity contribution in [1.29, 1.82) is 0 Å². The molecule has 7 heteroatoms. The number of carbonyl (C=O) groups excluding carboxylic acids is 2. The van der Waals surface area contributed by atoms with Crippen LogP contribution in [0.1, 0.15) is 75.2 Å². The molecule has 3 N–H and O–H groups in total. The zero-order chi connectivity index (χ0) is 27.9. The Kier molecular flexibility index (Phi) is 9.23. The van der Waals surface area contributed by atoms with Crippen LogP contribution >= 0.6 is 0 Å². The lowest BCUT2D eigenvalue weighted by atomic mass is 9.78. The Labute approximate surface area is 230 Å². The molecular formula is C32H38N2O5. The predicted octanol–water partition coefficient (Wildman–Crippen LogP) is 7.01. The fourth-order valence-electron chi connectivity index (χ4n) is 5.60. The lowest BCUT2D eigenvalue weighted by Gasteiger charge is -2.27. The topological polar surface area (TPSA) is 105 Å². The van der Waals surface area contributed by atoms with Crippen LogP contribution in [0.2, 0.25) is 0 Å². The maximum absolute atomic E-state index is 13.0. The molecule has 0 saturated heterocycles. The van der Waals surface area contributed by atoms with Crippen LogP contribution in [0.3, 0.4) is 0 Å². The molecule has 1 fully saturated rings. The highest BCUT2D eigenvalue weighted by atomic mass is 16.6. The number of amides is 2. The lowest BCUT2D eigenvalue weighted by molar-refractivity contribution is -0.147. The first kappa shape index (κ1) is 28.1. The first-order chi connectivity index (χ1) is 18.7. The predicted molar refractivity (Wildman–Crippen MR) is 152 cm³/mol. The van der Waals surface area contributed by atoms with E-state index in [0.29, 0.717) is 18.5 Å². The summed E-state index contributed by atoms with van der Waals surface area (Å²) in [5.41, 5.74) is 5.26. The van der Waals surface area contributed by atoms with E-state index in [1.165, 1.54) is 0 Å². The quantitative estimate of drug-likeness (QED) is 0.357. The number of nitrogens with one attached hydrogen (secondary N) is 2. The van der Waals surface area contributed by atoms with Gasteiger partial charge in [0, 0.05) is 17.0 Å². The minimum atomic E-state index is -0.904. The number of carboxylic acid groups (broad SMARTS) is 1. The number of carbonyl (C=O) groups is 3. The highest BCUT2D eigenvalue weighted by Crippen LogP contribution is 2.33. The average molecular weight is 531 g/mol. The molecule has 0 radical (unpaired) electrons. The van der Waals surface area contributed by atoms with Crippen molar-refractivity contribution in [2.24, 2.45) is 17.8 Å². The van der Waals surface area contributed by atoms with Crippen molar-refractivity contribution in [3.05, 3.63) is 83.1 Å². The third-order valence-corrected chi connectivity index (χ3v) is 7.86. The van der Waals surface area contributed by atoms with Gasteiger partial charge in [0.1, 0.15) is 6.10 Å². The van der Waals surface area contributed by atoms with Gasteiger partial charge in [-0.05, 0) is 74.3 Å². The Morgan fingerprint density at radius 1 is 0.949 bits per heavy atom. The van der Waals surface area contributed by atoms with Gasteiger partial charge in [0.05, 0.1) is 11.8 Å². The molecule has 4 atom stereocenters. The van der Waals surface area contributed by atoms with E-state index in [1.807, 2.05) is 68.5 Å². The first-order valence-electron chi connectivity index (χ1n) is 13.8. The van der Waals surface area contributed by atoms with Gasteiger partial charge in [0.25, 0.3) is 0 Å². The molecule has 2 aliphatic carbocycles. The van der Waals surface area contributed by atoms with Crippen molar-refractivity contribution < 1.29 is 24.2 Å². The molecule has 0 aromatic heterocycles. The molecule has 2 aromatic carbocycles. The Bertz CT molecular complexity index is 1260. The SMILES string of the molecule is Cc1ccccc1[C@@H](C)OC(=O)NC1=C(c2ccc(NC(=O)C3CCCCC3C(=O)O)cc2)C=CCCC1C. The fraction of sp³-hybridized carbons (Fsp3) is 0.406. The summed E-state index contributed by atoms with van der Waals surface area (Å²) in [4.78, 5) is 37.5. The molecular weight excluding hydrogens is 492 g/mol. The van der Waals surface area contributed by atoms with Crippen LogP contribution in [0, 0.1) is 24.7 Å². The second-order valence-corrected chi connectivity index (χ2v) is 10.6. The van der Waals surface area contributed by atoms with E-state index >= 15 is 0 Å². The van der Waals surface area contributed by atoms with Crippen molar-refractivity contribution in [3.8, 4) is 0 Å². The Balaban J connectivity index is 1.50. The van der Waals surface area contributed by atoms with E-state index in [4.69, 9.17) is 4.74 Å². The van der Waals surface area contributed by atoms with Crippen LogP contribution in [0.4, 0.5) is 10.5 Å². The summed E-state index contributed by atoms with van der Waals surface area (Å²) in [6.07, 6.45) is 7.85. The second kappa shape index (κ2) is 12.8. The molecule has 2 amide bonds. The van der Waals surface area contributed by atoms with Crippen LogP contribution in [0.15, 0.2) is 66.4 Å². The van der Waals surface area contributed by atoms with Gasteiger partial charge in [-0.3, -0.25) is 14.9 Å². The van der Waals surface area contributed by atoms with Gasteiger partial charge >= 0.3 is 12.1 Å². The summed E-state index contributed by atoms with van der Waals surface area (Å²) in [7, 11) is 0. The van der Waals surface area contributed by atoms with Crippen LogP contribution in [-0.2, 0) is 14.3 Å². The summed E-state index contributed by atoms with van der Waals surface area (Å²) < 4.78 is 5.74. The van der Waals surface area contributed by atoms with Crippen LogP contribution in [0.25, 0.3) is 5.57 Å². The fourth-order valence-corrected chi connectivity index (χ4v) is 5.60. The second-order valence-electron chi connectivity index (χ2n) is 10.6. The van der Waals surface area contributed by atoms with Gasteiger partial charge in [0.2, 0.25) is 5.91 Å². The number of alkyl carbamates (subject to hydrolysis) is 1. The number of aryl methyl sites for hydroxylation is 1. The van der Waals surface area contributed by atoms with E-state index in [9.17, 15) is 19.5 Å². The molecule has 4 rings (SSSR count). The van der Waals surface area contributed by atoms with Crippen LogP contribution in [0.5, 0.6) is 0 Å². The number of allylic oxidation sites excluding steroid dienone is 4. The summed E-state index contributed by atoms with van der Waals surface area (Å²) in [5.74, 6) is -2.20. The van der Waals surface area contributed by atoms with Crippen LogP contribution in [-0.4, -0.2) is 23.1 Å². The Morgan fingerprint density at radius 2 is 1.64 bits per heavy atom. The number of aliphatic carboxylic acids is 1. The zero-order valence-electron chi connectivity index (χ0n) is 22.9. The third kappa shape index (κ3) is 6.96. The lowest BCUT2D eigenvalue weighted by Crippen LogP contribution is -2.36. The third-order valence-electron chi connectivity index (χ3n) is 7.86. The van der Waals surface area contributed by atoms with Gasteiger partial charge in [0.15, 0.2) is 0 Å². The van der Waals surface area contributed by atoms with Crippen molar-refractivity contribution in [2.75, 3.05) is 5.32 Å². The van der Waals surface area contributed by atoms with Gasteiger partial charge in [-0.25, -0.2) is 4.79 Å². The normalized spacial score (nSPS) is 22.0. The molecule has 0 aliphatic heterocycles. The molecule has 7 nitrogen and oxygen atoms in total. The minimum Gasteiger partial charge on any atom is -0.481 e. The van der Waals surface area contributed by atoms with E-state index in [0.717, 1.165) is 53.6 Å². The Hall–Kier alpha value is -3.87. The van der Waals surface area contributed by atoms with Gasteiger partial charge in [-0.1, -0.05) is 68.3 Å². The molecule has 1 saturated carbocycles. The number of hydrogen-bond acceptors (Lipinski definition) is 4. The number of ether oxygens (including phenoxy) is 1.